The molecule has 1 saturated carbocycles. The summed E-state index contributed by atoms with van der Waals surface area (Å²) in [4.78, 5) is 61.7. The lowest BCUT2D eigenvalue weighted by molar-refractivity contribution is -0.140. The molecule has 1 unspecified atom stereocenters. The molecule has 5 atom stereocenters. The Hall–Kier alpha value is -3.76. The molecule has 3 N–H and O–H groups in total. The van der Waals surface area contributed by atoms with Crippen molar-refractivity contribution >= 4 is 45.0 Å². The SMILES string of the molecule is CC(C)(C)OC(=O)NCCCC[C@H](CC(=O)[C@@H]1C[C@@H](OC(=O)N2CCCCC2)CN1C(=O)[C@@H](CCC1CCCC1)NS(C)(=O)=O)C(O)c1nc2ccccc2o1. The zero-order valence-electron chi connectivity index (χ0n) is 33.4. The van der Waals surface area contributed by atoms with Crippen molar-refractivity contribution in [2.45, 2.75) is 141 Å². The number of ketones is 1. The third-order valence-electron chi connectivity index (χ3n) is 10.9. The Bertz CT molecular complexity index is 1720. The van der Waals surface area contributed by atoms with Crippen LogP contribution in [0.1, 0.15) is 123 Å². The number of ether oxygens (including phenoxy) is 2. The van der Waals surface area contributed by atoms with Crippen LogP contribution in [0.3, 0.4) is 0 Å². The Kier molecular flexibility index (Phi) is 15.2. The number of fused-ring (bicyclic) bond motifs is 1. The van der Waals surface area contributed by atoms with Crippen LogP contribution in [-0.2, 0) is 29.1 Å². The van der Waals surface area contributed by atoms with Crippen molar-refractivity contribution in [1.29, 1.82) is 0 Å². The number of nitrogens with zero attached hydrogens (tertiary/aromatic N) is 3. The monoisotopic (exact) mass is 803 g/mol. The molecule has 312 valence electrons. The Morgan fingerprint density at radius 3 is 2.41 bits per heavy atom. The van der Waals surface area contributed by atoms with Gasteiger partial charge in [-0.15, -0.1) is 0 Å². The first-order valence-electron chi connectivity index (χ1n) is 20.3. The standard InChI is InChI=1S/C40H61N5O10S/c1-40(2,3)55-38(49)41-21-11-10-16-28(35(47)36-42-30-17-8-9-18-34(30)54-36)24-33(46)32-25-29(53-39(50)44-22-12-5-13-23-44)26-45(32)37(48)31(43-56(4,51)52)20-19-27-14-6-7-15-27/h8-9,17-18,27-29,31-32,35,43,47H,5-7,10-16,19-26H2,1-4H3,(H,41,49)/t28-,29-,31-,32+,35?/m1/s1. The van der Waals surface area contributed by atoms with E-state index in [-0.39, 0.29) is 37.5 Å². The van der Waals surface area contributed by atoms with Crippen LogP contribution >= 0.6 is 0 Å². The molecule has 2 aliphatic heterocycles. The number of amides is 3. The van der Waals surface area contributed by atoms with Gasteiger partial charge in [-0.05, 0) is 83.8 Å². The number of alkyl carbamates (subject to hydrolysis) is 1. The molecule has 1 aliphatic carbocycles. The van der Waals surface area contributed by atoms with Crippen molar-refractivity contribution in [1.82, 2.24) is 24.8 Å². The minimum atomic E-state index is -3.79. The number of sulfonamides is 1. The van der Waals surface area contributed by atoms with Gasteiger partial charge in [0, 0.05) is 38.4 Å². The molecule has 2 saturated heterocycles. The third-order valence-corrected chi connectivity index (χ3v) is 11.6. The van der Waals surface area contributed by atoms with Gasteiger partial charge in [0.2, 0.25) is 21.8 Å². The van der Waals surface area contributed by atoms with E-state index in [1.165, 1.54) is 4.90 Å². The smallest absolute Gasteiger partial charge is 0.410 e. The summed E-state index contributed by atoms with van der Waals surface area (Å²) in [6.45, 7) is 6.73. The second kappa shape index (κ2) is 19.6. The van der Waals surface area contributed by atoms with Crippen LogP contribution < -0.4 is 10.0 Å². The van der Waals surface area contributed by atoms with Crippen LogP contribution in [0.5, 0.6) is 0 Å². The van der Waals surface area contributed by atoms with Crippen LogP contribution in [0.25, 0.3) is 11.1 Å². The summed E-state index contributed by atoms with van der Waals surface area (Å²) in [5.41, 5.74) is 0.401. The minimum Gasteiger partial charge on any atom is -0.444 e. The van der Waals surface area contributed by atoms with Gasteiger partial charge < -0.3 is 34.1 Å². The Labute approximate surface area is 330 Å². The molecule has 15 nitrogen and oxygen atoms in total. The molecule has 56 heavy (non-hydrogen) atoms. The average Bonchev–Trinajstić information content (AvgIpc) is 3.92. The summed E-state index contributed by atoms with van der Waals surface area (Å²) in [5.74, 6) is -1.11. The molecule has 0 bridgehead atoms. The van der Waals surface area contributed by atoms with Crippen LogP contribution in [0.2, 0.25) is 0 Å². The number of aliphatic hydroxyl groups is 1. The van der Waals surface area contributed by atoms with Crippen molar-refractivity contribution in [3.63, 3.8) is 0 Å². The topological polar surface area (TPSA) is 198 Å². The molecular weight excluding hydrogens is 743 g/mol. The summed E-state index contributed by atoms with van der Waals surface area (Å²) >= 11 is 0. The van der Waals surface area contributed by atoms with Crippen molar-refractivity contribution in [3.05, 3.63) is 30.2 Å². The van der Waals surface area contributed by atoms with Gasteiger partial charge >= 0.3 is 12.2 Å². The zero-order chi connectivity index (χ0) is 40.5. The van der Waals surface area contributed by atoms with E-state index in [4.69, 9.17) is 13.9 Å². The van der Waals surface area contributed by atoms with E-state index in [1.54, 1.807) is 49.9 Å². The van der Waals surface area contributed by atoms with Crippen LogP contribution in [-0.4, -0.2) is 108 Å². The summed E-state index contributed by atoms with van der Waals surface area (Å²) in [7, 11) is -3.79. The van der Waals surface area contributed by atoms with E-state index in [0.29, 0.717) is 62.3 Å². The molecule has 1 aromatic carbocycles. The first-order valence-corrected chi connectivity index (χ1v) is 22.2. The van der Waals surface area contributed by atoms with Crippen molar-refractivity contribution in [2.75, 3.05) is 32.4 Å². The number of unbranched alkanes of at least 4 members (excludes halogenated alkanes) is 1. The highest BCUT2D eigenvalue weighted by atomic mass is 32.2. The molecule has 5 rings (SSSR count). The molecule has 2 aromatic rings. The van der Waals surface area contributed by atoms with Crippen LogP contribution in [0.15, 0.2) is 28.7 Å². The van der Waals surface area contributed by atoms with Gasteiger partial charge in [-0.2, -0.15) is 0 Å². The number of carbonyl (C=O) groups is 4. The zero-order valence-corrected chi connectivity index (χ0v) is 34.2. The number of hydrogen-bond acceptors (Lipinski definition) is 11. The number of piperidine rings is 1. The fourth-order valence-electron chi connectivity index (χ4n) is 8.14. The Morgan fingerprint density at radius 2 is 1.73 bits per heavy atom. The highest BCUT2D eigenvalue weighted by Gasteiger charge is 2.45. The maximum absolute atomic E-state index is 14.5. The summed E-state index contributed by atoms with van der Waals surface area (Å²) in [5, 5.41) is 14.4. The van der Waals surface area contributed by atoms with Gasteiger partial charge in [-0.3, -0.25) is 9.59 Å². The summed E-state index contributed by atoms with van der Waals surface area (Å²) in [6, 6.07) is 4.99. The predicted molar refractivity (Wildman–Crippen MR) is 209 cm³/mol. The number of rotatable bonds is 17. The third kappa shape index (κ3) is 12.9. The molecule has 3 heterocycles. The number of Topliss-reactive ketones (excluding diaryl/α,β-unsaturated/α-hetero) is 1. The van der Waals surface area contributed by atoms with Crippen LogP contribution in [0.4, 0.5) is 9.59 Å². The first-order chi connectivity index (χ1) is 26.6. The van der Waals surface area contributed by atoms with Gasteiger partial charge in [-0.1, -0.05) is 44.2 Å². The van der Waals surface area contributed by atoms with E-state index in [2.05, 4.69) is 15.0 Å². The predicted octanol–water partition coefficient (Wildman–Crippen LogP) is 5.61. The lowest BCUT2D eigenvalue weighted by Crippen LogP contribution is -2.52. The number of benzene rings is 1. The molecule has 0 radical (unpaired) electrons. The molecular formula is C40H61N5O10S. The fourth-order valence-corrected chi connectivity index (χ4v) is 8.87. The van der Waals surface area contributed by atoms with E-state index >= 15 is 0 Å². The van der Waals surface area contributed by atoms with Crippen LogP contribution in [0, 0.1) is 11.8 Å². The second-order valence-electron chi connectivity index (χ2n) is 16.8. The normalized spacial score (nSPS) is 21.2. The van der Waals surface area contributed by atoms with Gasteiger partial charge in [0.1, 0.15) is 29.4 Å². The molecule has 16 heteroatoms. The number of oxazole rings is 1. The maximum atomic E-state index is 14.5. The van der Waals surface area contributed by atoms with E-state index in [1.807, 2.05) is 0 Å². The Balaban J connectivity index is 1.35. The summed E-state index contributed by atoms with van der Waals surface area (Å²) < 4.78 is 44.7. The molecule has 3 aliphatic rings. The number of likely N-dealkylation sites (tertiary alicyclic amines) is 2. The van der Waals surface area contributed by atoms with Gasteiger partial charge in [0.25, 0.3) is 0 Å². The number of aliphatic hydroxyl groups excluding tert-OH is 1. The fraction of sp³-hybridized carbons (Fsp3) is 0.725. The van der Waals surface area contributed by atoms with Gasteiger partial charge in [0.05, 0.1) is 18.8 Å². The summed E-state index contributed by atoms with van der Waals surface area (Å²) in [6.07, 6.45) is 7.20. The van der Waals surface area contributed by atoms with Crippen molar-refractivity contribution < 1.29 is 46.6 Å². The van der Waals surface area contributed by atoms with E-state index in [9.17, 15) is 32.7 Å². The number of aromatic nitrogens is 1. The van der Waals surface area contributed by atoms with E-state index in [0.717, 1.165) is 51.2 Å². The van der Waals surface area contributed by atoms with Crippen molar-refractivity contribution in [3.8, 4) is 0 Å². The average molecular weight is 804 g/mol. The van der Waals surface area contributed by atoms with Crippen molar-refractivity contribution in [2.24, 2.45) is 11.8 Å². The minimum absolute atomic E-state index is 0.0455. The van der Waals surface area contributed by atoms with E-state index < -0.39 is 63.9 Å². The lowest BCUT2D eigenvalue weighted by Gasteiger charge is -2.30. The molecule has 0 spiro atoms. The molecule has 3 fully saturated rings. The largest absolute Gasteiger partial charge is 0.444 e. The highest BCUT2D eigenvalue weighted by molar-refractivity contribution is 7.88. The molecule has 3 amide bonds. The first kappa shape index (κ1) is 43.4. The second-order valence-corrected chi connectivity index (χ2v) is 18.6. The number of para-hydroxylation sites is 2. The van der Waals surface area contributed by atoms with Gasteiger partial charge in [-0.25, -0.2) is 27.7 Å². The Morgan fingerprint density at radius 1 is 1.02 bits per heavy atom. The van der Waals surface area contributed by atoms with Gasteiger partial charge in [0.15, 0.2) is 11.4 Å². The number of carbonyl (C=O) groups excluding carboxylic acids is 4. The number of nitrogens with one attached hydrogen (secondary N) is 2. The number of hydrogen-bond donors (Lipinski definition) is 3. The molecule has 1 aromatic heterocycles. The highest BCUT2D eigenvalue weighted by Crippen LogP contribution is 2.34. The quantitative estimate of drug-likeness (QED) is 0.168. The maximum Gasteiger partial charge on any atom is 0.410 e. The lowest BCUT2D eigenvalue weighted by atomic mass is 9.88.